The molecule has 1 atom stereocenters. The van der Waals surface area contributed by atoms with E-state index in [-0.39, 0.29) is 11.9 Å². The highest BCUT2D eigenvalue weighted by Crippen LogP contribution is 2.22. The minimum atomic E-state index is -0.241. The molecule has 0 radical (unpaired) electrons. The van der Waals surface area contributed by atoms with E-state index in [1.807, 2.05) is 24.3 Å². The zero-order chi connectivity index (χ0) is 15.2. The summed E-state index contributed by atoms with van der Waals surface area (Å²) in [5, 5.41) is 3.32. The number of hydrogen-bond donors (Lipinski definition) is 1. The van der Waals surface area contributed by atoms with Crippen molar-refractivity contribution in [2.24, 2.45) is 0 Å². The topological polar surface area (TPSA) is 21.3 Å². The summed E-state index contributed by atoms with van der Waals surface area (Å²) in [5.41, 5.74) is 1.98. The Kier molecular flexibility index (Phi) is 5.62. The van der Waals surface area contributed by atoms with Crippen LogP contribution < -0.4 is 10.1 Å². The SMILES string of the molecule is CCC(C)Oc1cccc(NCc2ccc(F)cc2Br)c1. The Hall–Kier alpha value is -1.55. The van der Waals surface area contributed by atoms with Crippen LogP contribution in [0.3, 0.4) is 0 Å². The van der Waals surface area contributed by atoms with E-state index < -0.39 is 0 Å². The van der Waals surface area contributed by atoms with Crippen molar-refractivity contribution < 1.29 is 9.13 Å². The molecule has 0 amide bonds. The van der Waals surface area contributed by atoms with Gasteiger partial charge in [0.1, 0.15) is 11.6 Å². The van der Waals surface area contributed by atoms with E-state index in [1.54, 1.807) is 6.07 Å². The Labute approximate surface area is 133 Å². The second kappa shape index (κ2) is 7.46. The molecule has 112 valence electrons. The fourth-order valence-electron chi connectivity index (χ4n) is 1.86. The van der Waals surface area contributed by atoms with Crippen LogP contribution in [0.5, 0.6) is 5.75 Å². The third-order valence-electron chi connectivity index (χ3n) is 3.24. The van der Waals surface area contributed by atoms with Crippen LogP contribution in [-0.2, 0) is 6.54 Å². The third-order valence-corrected chi connectivity index (χ3v) is 3.98. The Balaban J connectivity index is 2.01. The monoisotopic (exact) mass is 351 g/mol. The Morgan fingerprint density at radius 3 is 2.76 bits per heavy atom. The molecule has 0 saturated heterocycles. The lowest BCUT2D eigenvalue weighted by molar-refractivity contribution is 0.217. The number of anilines is 1. The van der Waals surface area contributed by atoms with E-state index in [4.69, 9.17) is 4.74 Å². The first-order valence-corrected chi connectivity index (χ1v) is 7.82. The molecule has 0 aliphatic rings. The first-order chi connectivity index (χ1) is 10.1. The number of benzene rings is 2. The summed E-state index contributed by atoms with van der Waals surface area (Å²) in [6.45, 7) is 4.77. The number of halogens is 2. The van der Waals surface area contributed by atoms with Crippen molar-refractivity contribution in [2.45, 2.75) is 32.9 Å². The van der Waals surface area contributed by atoms with E-state index in [2.05, 4.69) is 35.1 Å². The van der Waals surface area contributed by atoms with Crippen molar-refractivity contribution in [2.75, 3.05) is 5.32 Å². The largest absolute Gasteiger partial charge is 0.491 e. The van der Waals surface area contributed by atoms with E-state index in [9.17, 15) is 4.39 Å². The predicted molar refractivity (Wildman–Crippen MR) is 88.2 cm³/mol. The highest BCUT2D eigenvalue weighted by atomic mass is 79.9. The van der Waals surface area contributed by atoms with Crippen LogP contribution in [0.4, 0.5) is 10.1 Å². The van der Waals surface area contributed by atoms with Gasteiger partial charge in [-0.25, -0.2) is 4.39 Å². The quantitative estimate of drug-likeness (QED) is 0.754. The average molecular weight is 352 g/mol. The van der Waals surface area contributed by atoms with Crippen LogP contribution in [0.2, 0.25) is 0 Å². The van der Waals surface area contributed by atoms with Crippen molar-refractivity contribution in [1.82, 2.24) is 0 Å². The second-order valence-electron chi connectivity index (χ2n) is 4.95. The van der Waals surface area contributed by atoms with E-state index in [1.165, 1.54) is 12.1 Å². The van der Waals surface area contributed by atoms with Gasteiger partial charge in [-0.05, 0) is 43.2 Å². The summed E-state index contributed by atoms with van der Waals surface area (Å²) in [7, 11) is 0. The molecule has 0 aliphatic carbocycles. The molecule has 0 heterocycles. The maximum Gasteiger partial charge on any atom is 0.124 e. The number of ether oxygens (including phenoxy) is 1. The van der Waals surface area contributed by atoms with Crippen molar-refractivity contribution in [3.63, 3.8) is 0 Å². The summed E-state index contributed by atoms with van der Waals surface area (Å²) in [4.78, 5) is 0. The second-order valence-corrected chi connectivity index (χ2v) is 5.81. The normalized spacial score (nSPS) is 12.0. The summed E-state index contributed by atoms with van der Waals surface area (Å²) in [5.74, 6) is 0.613. The predicted octanol–water partition coefficient (Wildman–Crippen LogP) is 5.38. The van der Waals surface area contributed by atoms with Gasteiger partial charge in [-0.3, -0.25) is 0 Å². The van der Waals surface area contributed by atoms with Gasteiger partial charge in [-0.2, -0.15) is 0 Å². The van der Waals surface area contributed by atoms with E-state index >= 15 is 0 Å². The number of rotatable bonds is 6. The minimum Gasteiger partial charge on any atom is -0.491 e. The fraction of sp³-hybridized carbons (Fsp3) is 0.294. The van der Waals surface area contributed by atoms with Crippen molar-refractivity contribution in [3.05, 3.63) is 58.3 Å². The smallest absolute Gasteiger partial charge is 0.124 e. The standard InChI is InChI=1S/C17H19BrFNO/c1-3-12(2)21-16-6-4-5-15(10-16)20-11-13-7-8-14(19)9-17(13)18/h4-10,12,20H,3,11H2,1-2H3. The Bertz CT molecular complexity index is 603. The lowest BCUT2D eigenvalue weighted by atomic mass is 10.2. The Morgan fingerprint density at radius 2 is 2.05 bits per heavy atom. The van der Waals surface area contributed by atoms with Gasteiger partial charge in [0.2, 0.25) is 0 Å². The molecule has 1 unspecified atom stereocenters. The number of hydrogen-bond acceptors (Lipinski definition) is 2. The molecule has 2 nitrogen and oxygen atoms in total. The maximum absolute atomic E-state index is 13.1. The maximum atomic E-state index is 13.1. The van der Waals surface area contributed by atoms with Gasteiger partial charge in [0.15, 0.2) is 0 Å². The van der Waals surface area contributed by atoms with Crippen molar-refractivity contribution in [1.29, 1.82) is 0 Å². The summed E-state index contributed by atoms with van der Waals surface area (Å²) >= 11 is 3.37. The molecule has 0 aromatic heterocycles. The molecular weight excluding hydrogens is 333 g/mol. The molecule has 0 bridgehead atoms. The lowest BCUT2D eigenvalue weighted by Gasteiger charge is -2.14. The lowest BCUT2D eigenvalue weighted by Crippen LogP contribution is -2.09. The fourth-order valence-corrected chi connectivity index (χ4v) is 2.35. The molecule has 1 N–H and O–H groups in total. The van der Waals surface area contributed by atoms with E-state index in [0.717, 1.165) is 27.9 Å². The van der Waals surface area contributed by atoms with E-state index in [0.29, 0.717) is 6.54 Å². The van der Waals surface area contributed by atoms with Crippen molar-refractivity contribution >= 4 is 21.6 Å². The molecule has 2 rings (SSSR count). The van der Waals surface area contributed by atoms with Gasteiger partial charge < -0.3 is 10.1 Å². The summed E-state index contributed by atoms with van der Waals surface area (Å²) in [6.07, 6.45) is 1.17. The van der Waals surface area contributed by atoms with Crippen LogP contribution in [0.15, 0.2) is 46.9 Å². The minimum absolute atomic E-state index is 0.200. The summed E-state index contributed by atoms with van der Waals surface area (Å²) < 4.78 is 19.6. The van der Waals surface area contributed by atoms with Crippen LogP contribution >= 0.6 is 15.9 Å². The molecule has 2 aromatic carbocycles. The van der Waals surface area contributed by atoms with Gasteiger partial charge in [-0.1, -0.05) is 35.0 Å². The van der Waals surface area contributed by atoms with Gasteiger partial charge in [-0.15, -0.1) is 0 Å². The van der Waals surface area contributed by atoms with Gasteiger partial charge in [0.05, 0.1) is 6.10 Å². The van der Waals surface area contributed by atoms with Crippen molar-refractivity contribution in [3.8, 4) is 5.75 Å². The zero-order valence-corrected chi connectivity index (χ0v) is 13.8. The third kappa shape index (κ3) is 4.74. The van der Waals surface area contributed by atoms with Crippen LogP contribution in [0.1, 0.15) is 25.8 Å². The average Bonchev–Trinajstić information content (AvgIpc) is 2.46. The zero-order valence-electron chi connectivity index (χ0n) is 12.2. The van der Waals surface area contributed by atoms with Crippen LogP contribution in [-0.4, -0.2) is 6.10 Å². The first kappa shape index (κ1) is 15.8. The Morgan fingerprint density at radius 1 is 1.24 bits per heavy atom. The van der Waals surface area contributed by atoms with Crippen LogP contribution in [0, 0.1) is 5.82 Å². The van der Waals surface area contributed by atoms with Gasteiger partial charge in [0, 0.05) is 22.8 Å². The molecule has 0 spiro atoms. The molecule has 21 heavy (non-hydrogen) atoms. The molecular formula is C17H19BrFNO. The summed E-state index contributed by atoms with van der Waals surface area (Å²) in [6, 6.07) is 12.6. The van der Waals surface area contributed by atoms with Gasteiger partial charge >= 0.3 is 0 Å². The molecule has 2 aromatic rings. The van der Waals surface area contributed by atoms with Crippen LogP contribution in [0.25, 0.3) is 0 Å². The number of nitrogens with one attached hydrogen (secondary N) is 1. The molecule has 0 saturated carbocycles. The van der Waals surface area contributed by atoms with Gasteiger partial charge in [0.25, 0.3) is 0 Å². The molecule has 0 aliphatic heterocycles. The molecule has 4 heteroatoms. The first-order valence-electron chi connectivity index (χ1n) is 7.03. The highest BCUT2D eigenvalue weighted by Gasteiger charge is 2.04. The molecule has 0 fully saturated rings. The highest BCUT2D eigenvalue weighted by molar-refractivity contribution is 9.10.